The molecule has 1 heterocycles. The summed E-state index contributed by atoms with van der Waals surface area (Å²) >= 11 is 1.26. The van der Waals surface area contributed by atoms with Crippen molar-refractivity contribution in [1.82, 2.24) is 4.57 Å². The SMILES string of the molecule is COC(=O)Cn1c(=NC(=O)c2cccc([N+](=O)[O-])c2C)sc2cc(C)ccc21. The number of nitro benzene ring substituents is 1. The van der Waals surface area contributed by atoms with Crippen LogP contribution in [0.5, 0.6) is 0 Å². The maximum atomic E-state index is 12.7. The van der Waals surface area contributed by atoms with Crippen molar-refractivity contribution >= 4 is 39.1 Å². The Balaban J connectivity index is 2.17. The predicted molar refractivity (Wildman–Crippen MR) is 104 cm³/mol. The highest BCUT2D eigenvalue weighted by atomic mass is 32.1. The first kappa shape index (κ1) is 19.4. The Morgan fingerprint density at radius 1 is 1.25 bits per heavy atom. The number of nitrogens with zero attached hydrogens (tertiary/aromatic N) is 3. The summed E-state index contributed by atoms with van der Waals surface area (Å²) in [4.78, 5) is 39.6. The van der Waals surface area contributed by atoms with Gasteiger partial charge in [-0.15, -0.1) is 0 Å². The van der Waals surface area contributed by atoms with Crippen LogP contribution in [0.15, 0.2) is 41.4 Å². The average Bonchev–Trinajstić information content (AvgIpc) is 2.97. The summed E-state index contributed by atoms with van der Waals surface area (Å²) < 4.78 is 7.22. The summed E-state index contributed by atoms with van der Waals surface area (Å²) in [6, 6.07) is 9.98. The van der Waals surface area contributed by atoms with E-state index < -0.39 is 16.8 Å². The second kappa shape index (κ2) is 7.73. The van der Waals surface area contributed by atoms with Crippen LogP contribution < -0.4 is 4.80 Å². The summed E-state index contributed by atoms with van der Waals surface area (Å²) in [5, 5.41) is 11.1. The third-order valence-electron chi connectivity index (χ3n) is 4.28. The first-order valence-corrected chi connectivity index (χ1v) is 9.13. The number of carbonyl (C=O) groups excluding carboxylic acids is 2. The molecule has 3 rings (SSSR count). The summed E-state index contributed by atoms with van der Waals surface area (Å²) in [6.07, 6.45) is 0. The molecule has 0 atom stereocenters. The lowest BCUT2D eigenvalue weighted by atomic mass is 10.1. The third-order valence-corrected chi connectivity index (χ3v) is 5.32. The lowest BCUT2D eigenvalue weighted by Crippen LogP contribution is -2.22. The van der Waals surface area contributed by atoms with E-state index in [4.69, 9.17) is 4.74 Å². The second-order valence-electron chi connectivity index (χ2n) is 6.14. The molecule has 0 unspecified atom stereocenters. The van der Waals surface area contributed by atoms with Gasteiger partial charge in [-0.05, 0) is 37.6 Å². The van der Waals surface area contributed by atoms with Crippen molar-refractivity contribution in [3.63, 3.8) is 0 Å². The van der Waals surface area contributed by atoms with Crippen LogP contribution in [-0.2, 0) is 16.1 Å². The van der Waals surface area contributed by atoms with Crippen molar-refractivity contribution in [2.45, 2.75) is 20.4 Å². The highest BCUT2D eigenvalue weighted by Gasteiger charge is 2.18. The minimum atomic E-state index is -0.608. The van der Waals surface area contributed by atoms with Crippen molar-refractivity contribution < 1.29 is 19.2 Å². The molecule has 0 N–H and O–H groups in total. The van der Waals surface area contributed by atoms with Gasteiger partial charge in [0.1, 0.15) is 6.54 Å². The number of hydrogen-bond acceptors (Lipinski definition) is 6. The molecule has 0 bridgehead atoms. The Hall–Kier alpha value is -3.33. The highest BCUT2D eigenvalue weighted by Crippen LogP contribution is 2.22. The van der Waals surface area contributed by atoms with E-state index in [2.05, 4.69) is 4.99 Å². The van der Waals surface area contributed by atoms with Gasteiger partial charge in [0.15, 0.2) is 4.80 Å². The van der Waals surface area contributed by atoms with Gasteiger partial charge in [0.05, 0.1) is 27.8 Å². The number of methoxy groups -OCH3 is 1. The molecular formula is C19H17N3O5S. The standard InChI is InChI=1S/C19H17N3O5S/c1-11-7-8-15-16(9-11)28-19(21(15)10-17(23)27-3)20-18(24)13-5-4-6-14(12(13)2)22(25)26/h4-9H,10H2,1-3H3. The number of hydrogen-bond donors (Lipinski definition) is 0. The summed E-state index contributed by atoms with van der Waals surface area (Å²) in [7, 11) is 1.29. The number of rotatable bonds is 4. The Labute approximate surface area is 163 Å². The number of thiazole rings is 1. The second-order valence-corrected chi connectivity index (χ2v) is 7.15. The Bertz CT molecular complexity index is 1180. The van der Waals surface area contributed by atoms with E-state index in [0.717, 1.165) is 15.8 Å². The number of benzene rings is 2. The maximum Gasteiger partial charge on any atom is 0.325 e. The maximum absolute atomic E-state index is 12.7. The zero-order valence-electron chi connectivity index (χ0n) is 15.5. The van der Waals surface area contributed by atoms with Crippen molar-refractivity contribution in [3.05, 3.63) is 68.0 Å². The molecule has 0 saturated carbocycles. The summed E-state index contributed by atoms with van der Waals surface area (Å²) in [5.41, 5.74) is 2.04. The number of amides is 1. The van der Waals surface area contributed by atoms with Crippen LogP contribution in [0.3, 0.4) is 0 Å². The van der Waals surface area contributed by atoms with Crippen LogP contribution in [0, 0.1) is 24.0 Å². The smallest absolute Gasteiger partial charge is 0.325 e. The van der Waals surface area contributed by atoms with E-state index in [1.54, 1.807) is 4.57 Å². The molecule has 9 heteroatoms. The van der Waals surface area contributed by atoms with Gasteiger partial charge in [0, 0.05) is 11.6 Å². The van der Waals surface area contributed by atoms with Crippen molar-refractivity contribution in [1.29, 1.82) is 0 Å². The topological polar surface area (TPSA) is 104 Å². The minimum Gasteiger partial charge on any atom is -0.468 e. The first-order chi connectivity index (χ1) is 13.3. The van der Waals surface area contributed by atoms with Gasteiger partial charge < -0.3 is 9.30 Å². The van der Waals surface area contributed by atoms with Crippen LogP contribution in [0.25, 0.3) is 10.2 Å². The Morgan fingerprint density at radius 2 is 2.00 bits per heavy atom. The number of aryl methyl sites for hydroxylation is 1. The number of ether oxygens (including phenoxy) is 1. The Morgan fingerprint density at radius 3 is 2.68 bits per heavy atom. The molecule has 8 nitrogen and oxygen atoms in total. The molecule has 0 aliphatic carbocycles. The molecule has 2 aromatic carbocycles. The molecule has 1 aromatic heterocycles. The molecule has 0 spiro atoms. The minimum absolute atomic E-state index is 0.0976. The van der Waals surface area contributed by atoms with E-state index in [1.807, 2.05) is 25.1 Å². The van der Waals surface area contributed by atoms with Crippen LogP contribution in [0.2, 0.25) is 0 Å². The fourth-order valence-corrected chi connectivity index (χ4v) is 3.94. The van der Waals surface area contributed by atoms with Gasteiger partial charge in [-0.1, -0.05) is 23.5 Å². The van der Waals surface area contributed by atoms with Crippen molar-refractivity contribution in [3.8, 4) is 0 Å². The molecule has 0 saturated heterocycles. The zero-order valence-corrected chi connectivity index (χ0v) is 16.3. The van der Waals surface area contributed by atoms with E-state index in [1.165, 1.54) is 43.6 Å². The molecule has 0 aliphatic heterocycles. The quantitative estimate of drug-likeness (QED) is 0.381. The predicted octanol–water partition coefficient (Wildman–Crippen LogP) is 3.14. The number of esters is 1. The van der Waals surface area contributed by atoms with Gasteiger partial charge >= 0.3 is 5.97 Å². The molecule has 144 valence electrons. The van der Waals surface area contributed by atoms with Crippen LogP contribution >= 0.6 is 11.3 Å². The van der Waals surface area contributed by atoms with Gasteiger partial charge in [-0.2, -0.15) is 4.99 Å². The van der Waals surface area contributed by atoms with E-state index in [-0.39, 0.29) is 23.4 Å². The molecule has 3 aromatic rings. The molecule has 28 heavy (non-hydrogen) atoms. The number of fused-ring (bicyclic) bond motifs is 1. The average molecular weight is 399 g/mol. The molecule has 0 fully saturated rings. The van der Waals surface area contributed by atoms with Gasteiger partial charge in [-0.25, -0.2) is 0 Å². The van der Waals surface area contributed by atoms with E-state index >= 15 is 0 Å². The lowest BCUT2D eigenvalue weighted by Gasteiger charge is -2.04. The van der Waals surface area contributed by atoms with Crippen molar-refractivity contribution in [2.24, 2.45) is 4.99 Å². The zero-order chi connectivity index (χ0) is 20.4. The third kappa shape index (κ3) is 3.70. The van der Waals surface area contributed by atoms with Crippen LogP contribution in [0.1, 0.15) is 21.5 Å². The number of aromatic nitrogens is 1. The fourth-order valence-electron chi connectivity index (χ4n) is 2.81. The highest BCUT2D eigenvalue weighted by molar-refractivity contribution is 7.16. The van der Waals surface area contributed by atoms with Gasteiger partial charge in [0.25, 0.3) is 11.6 Å². The van der Waals surface area contributed by atoms with Gasteiger partial charge in [0.2, 0.25) is 0 Å². The molecule has 1 amide bonds. The van der Waals surface area contributed by atoms with Gasteiger partial charge in [-0.3, -0.25) is 19.7 Å². The fraction of sp³-hybridized carbons (Fsp3) is 0.211. The monoisotopic (exact) mass is 399 g/mol. The van der Waals surface area contributed by atoms with E-state index in [9.17, 15) is 19.7 Å². The number of carbonyl (C=O) groups is 2. The largest absolute Gasteiger partial charge is 0.468 e. The lowest BCUT2D eigenvalue weighted by molar-refractivity contribution is -0.385. The Kier molecular flexibility index (Phi) is 5.36. The normalized spacial score (nSPS) is 11.6. The summed E-state index contributed by atoms with van der Waals surface area (Å²) in [6.45, 7) is 3.36. The molecule has 0 aliphatic rings. The van der Waals surface area contributed by atoms with Crippen molar-refractivity contribution in [2.75, 3.05) is 7.11 Å². The number of nitro groups is 1. The van der Waals surface area contributed by atoms with Crippen LogP contribution in [0.4, 0.5) is 5.69 Å². The van der Waals surface area contributed by atoms with E-state index in [0.29, 0.717) is 4.80 Å². The summed E-state index contributed by atoms with van der Waals surface area (Å²) in [5.74, 6) is -1.08. The molecular weight excluding hydrogens is 382 g/mol. The first-order valence-electron chi connectivity index (χ1n) is 8.31. The van der Waals surface area contributed by atoms with Crippen LogP contribution in [-0.4, -0.2) is 28.5 Å². The molecule has 0 radical (unpaired) electrons.